The van der Waals surface area contributed by atoms with E-state index in [1.807, 2.05) is 11.8 Å². The third-order valence-electron chi connectivity index (χ3n) is 5.06. The van der Waals surface area contributed by atoms with Gasteiger partial charge in [0, 0.05) is 19.2 Å². The molecule has 0 spiro atoms. The molecule has 2 aliphatic rings. The number of hydrogen-bond donors (Lipinski definition) is 0. The fourth-order valence-corrected chi connectivity index (χ4v) is 3.67. The first-order valence-electron chi connectivity index (χ1n) is 9.01. The van der Waals surface area contributed by atoms with Crippen LogP contribution in [0.25, 0.3) is 0 Å². The van der Waals surface area contributed by atoms with Gasteiger partial charge in [0.15, 0.2) is 6.39 Å². The first-order valence-corrected chi connectivity index (χ1v) is 9.01. The highest BCUT2D eigenvalue weighted by atomic mass is 19.4. The van der Waals surface area contributed by atoms with Crippen LogP contribution >= 0.6 is 0 Å². The van der Waals surface area contributed by atoms with E-state index in [4.69, 9.17) is 9.15 Å². The van der Waals surface area contributed by atoms with Crippen molar-refractivity contribution in [3.8, 4) is 0 Å². The number of anilines is 2. The topological polar surface area (TPSA) is 76.6 Å². The highest BCUT2D eigenvalue weighted by molar-refractivity contribution is 5.47. The molecule has 0 unspecified atom stereocenters. The minimum absolute atomic E-state index is 0.00818. The van der Waals surface area contributed by atoms with E-state index in [1.165, 1.54) is 18.7 Å². The third-order valence-corrected chi connectivity index (χ3v) is 5.06. The van der Waals surface area contributed by atoms with E-state index in [-0.39, 0.29) is 31.5 Å². The molecular formula is C17H20F3N5O3. The molecule has 0 N–H and O–H groups in total. The zero-order valence-electron chi connectivity index (χ0n) is 15.2. The zero-order chi connectivity index (χ0) is 19.9. The second-order valence-corrected chi connectivity index (χ2v) is 6.98. The molecule has 152 valence electrons. The molecule has 0 saturated carbocycles. The van der Waals surface area contributed by atoms with Gasteiger partial charge in [-0.1, -0.05) is 0 Å². The number of fused-ring (bicyclic) bond motifs is 1. The molecule has 8 nitrogen and oxygen atoms in total. The lowest BCUT2D eigenvalue weighted by Gasteiger charge is -2.38. The second kappa shape index (κ2) is 7.12. The number of nitrogens with zero attached hydrogens (tertiary/aromatic N) is 5. The maximum absolute atomic E-state index is 13.6. The highest BCUT2D eigenvalue weighted by Gasteiger charge is 2.45. The minimum atomic E-state index is -4.54. The molecule has 1 saturated heterocycles. The van der Waals surface area contributed by atoms with Crippen LogP contribution in [0.5, 0.6) is 0 Å². The van der Waals surface area contributed by atoms with Gasteiger partial charge in [-0.25, -0.2) is 4.98 Å². The lowest BCUT2D eigenvalue weighted by molar-refractivity contribution is -0.171. The molecule has 0 aromatic carbocycles. The molecule has 2 aromatic rings. The van der Waals surface area contributed by atoms with Crippen LogP contribution in [0, 0.1) is 0 Å². The summed E-state index contributed by atoms with van der Waals surface area (Å²) < 4.78 is 52.0. The number of oxazole rings is 1. The van der Waals surface area contributed by atoms with Gasteiger partial charge in [0.25, 0.3) is 5.56 Å². The number of aromatic nitrogens is 3. The molecule has 0 aliphatic carbocycles. The quantitative estimate of drug-likeness (QED) is 0.781. The zero-order valence-corrected chi connectivity index (χ0v) is 15.2. The summed E-state index contributed by atoms with van der Waals surface area (Å²) in [6.45, 7) is 3.65. The Bertz CT molecular complexity index is 883. The van der Waals surface area contributed by atoms with Crippen LogP contribution in [-0.4, -0.2) is 53.1 Å². The van der Waals surface area contributed by atoms with E-state index in [9.17, 15) is 18.0 Å². The number of ether oxygens (including phenoxy) is 1. The van der Waals surface area contributed by atoms with Crippen molar-refractivity contribution < 1.29 is 22.3 Å². The smallest absolute Gasteiger partial charge is 0.409 e. The van der Waals surface area contributed by atoms with Gasteiger partial charge >= 0.3 is 6.18 Å². The van der Waals surface area contributed by atoms with Gasteiger partial charge < -0.3 is 19.0 Å². The molecule has 4 rings (SSSR count). The molecule has 28 heavy (non-hydrogen) atoms. The Balaban J connectivity index is 1.78. The van der Waals surface area contributed by atoms with Gasteiger partial charge in [0.05, 0.1) is 32.0 Å². The molecular weight excluding hydrogens is 379 g/mol. The Kier molecular flexibility index (Phi) is 4.77. The normalized spacial score (nSPS) is 23.0. The summed E-state index contributed by atoms with van der Waals surface area (Å²) in [7, 11) is 0. The van der Waals surface area contributed by atoms with Crippen molar-refractivity contribution in [1.82, 2.24) is 14.5 Å². The lowest BCUT2D eigenvalue weighted by Crippen LogP contribution is -2.48. The molecule has 0 bridgehead atoms. The number of hydrogen-bond acceptors (Lipinski definition) is 7. The number of halogens is 3. The fourth-order valence-electron chi connectivity index (χ4n) is 3.67. The maximum Gasteiger partial charge on any atom is 0.409 e. The summed E-state index contributed by atoms with van der Waals surface area (Å²) in [5.41, 5.74) is -0.719. The highest BCUT2D eigenvalue weighted by Crippen LogP contribution is 2.38. The Labute approximate surface area is 158 Å². The molecule has 2 aliphatic heterocycles. The van der Waals surface area contributed by atoms with Crippen molar-refractivity contribution in [2.75, 3.05) is 36.1 Å². The van der Waals surface area contributed by atoms with Crippen molar-refractivity contribution in [2.45, 2.75) is 38.1 Å². The largest absolute Gasteiger partial charge is 0.447 e. The van der Waals surface area contributed by atoms with Gasteiger partial charge in [-0.15, -0.1) is 0 Å². The van der Waals surface area contributed by atoms with E-state index < -0.39 is 17.8 Å². The van der Waals surface area contributed by atoms with Crippen LogP contribution in [0.2, 0.25) is 0 Å². The van der Waals surface area contributed by atoms with Gasteiger partial charge in [-0.3, -0.25) is 9.36 Å². The van der Waals surface area contributed by atoms with Crippen LogP contribution in [0.15, 0.2) is 27.9 Å². The summed E-state index contributed by atoms with van der Waals surface area (Å²) in [5.74, 6) is 0.833. The molecule has 2 atom stereocenters. The molecule has 1 fully saturated rings. The van der Waals surface area contributed by atoms with E-state index >= 15 is 0 Å². The lowest BCUT2D eigenvalue weighted by atomic mass is 10.1. The average Bonchev–Trinajstić information content (AvgIpc) is 3.14. The second-order valence-electron chi connectivity index (χ2n) is 6.98. The van der Waals surface area contributed by atoms with E-state index in [0.29, 0.717) is 31.3 Å². The Hall–Kier alpha value is -2.56. The van der Waals surface area contributed by atoms with Crippen molar-refractivity contribution >= 4 is 11.8 Å². The van der Waals surface area contributed by atoms with Gasteiger partial charge in [0.2, 0.25) is 5.95 Å². The maximum atomic E-state index is 13.6. The van der Waals surface area contributed by atoms with Crippen LogP contribution in [0.1, 0.15) is 25.1 Å². The minimum Gasteiger partial charge on any atom is -0.447 e. The summed E-state index contributed by atoms with van der Waals surface area (Å²) >= 11 is 0. The predicted octanol–water partition coefficient (Wildman–Crippen LogP) is 1.97. The number of rotatable bonds is 3. The summed E-state index contributed by atoms with van der Waals surface area (Å²) in [6, 6.07) is -0.750. The Morgan fingerprint density at radius 1 is 1.32 bits per heavy atom. The van der Waals surface area contributed by atoms with Crippen molar-refractivity contribution in [1.29, 1.82) is 0 Å². The van der Waals surface area contributed by atoms with Gasteiger partial charge in [-0.05, 0) is 13.3 Å². The number of morpholine rings is 1. The Morgan fingerprint density at radius 2 is 2.14 bits per heavy atom. The SMILES string of the molecule is C[C@@H]1COCCN1c1cc(=O)n2c(n1)N(Cc1cnco1)CC[C@@H]2C(F)(F)F. The third kappa shape index (κ3) is 3.46. The average molecular weight is 399 g/mol. The van der Waals surface area contributed by atoms with Crippen LogP contribution in [0.4, 0.5) is 24.9 Å². The number of alkyl halides is 3. The van der Waals surface area contributed by atoms with Crippen molar-refractivity contribution in [3.05, 3.63) is 34.8 Å². The molecule has 0 radical (unpaired) electrons. The predicted molar refractivity (Wildman–Crippen MR) is 93.4 cm³/mol. The van der Waals surface area contributed by atoms with Crippen LogP contribution in [-0.2, 0) is 11.3 Å². The van der Waals surface area contributed by atoms with Crippen LogP contribution < -0.4 is 15.4 Å². The van der Waals surface area contributed by atoms with Crippen molar-refractivity contribution in [2.24, 2.45) is 0 Å². The van der Waals surface area contributed by atoms with Gasteiger partial charge in [-0.2, -0.15) is 18.2 Å². The fraction of sp³-hybridized carbons (Fsp3) is 0.588. The standard InChI is InChI=1S/C17H20F3N5O3/c1-11-9-27-5-4-24(11)14-6-15(26)25-13(17(18,19)20)2-3-23(16(25)22-14)8-12-7-21-10-28-12/h6-7,10-11,13H,2-5,8-9H2,1H3/t11-,13-/m1/s1. The first-order chi connectivity index (χ1) is 13.3. The first kappa shape index (κ1) is 18.8. The van der Waals surface area contributed by atoms with E-state index in [0.717, 1.165) is 4.57 Å². The summed E-state index contributed by atoms with van der Waals surface area (Å²) in [6.07, 6.45) is -2.03. The molecule has 4 heterocycles. The summed E-state index contributed by atoms with van der Waals surface area (Å²) in [5, 5.41) is 0. The molecule has 11 heteroatoms. The van der Waals surface area contributed by atoms with E-state index in [2.05, 4.69) is 9.97 Å². The van der Waals surface area contributed by atoms with E-state index in [1.54, 1.807) is 4.90 Å². The van der Waals surface area contributed by atoms with Gasteiger partial charge in [0.1, 0.15) is 17.6 Å². The monoisotopic (exact) mass is 399 g/mol. The molecule has 2 aromatic heterocycles. The Morgan fingerprint density at radius 3 is 2.82 bits per heavy atom. The van der Waals surface area contributed by atoms with Crippen molar-refractivity contribution in [3.63, 3.8) is 0 Å². The summed E-state index contributed by atoms with van der Waals surface area (Å²) in [4.78, 5) is 24.6. The van der Waals surface area contributed by atoms with Crippen LogP contribution in [0.3, 0.4) is 0 Å². The molecule has 0 amide bonds.